The Morgan fingerprint density at radius 1 is 1.24 bits per heavy atom. The van der Waals surface area contributed by atoms with E-state index in [0.29, 0.717) is 17.1 Å². The van der Waals surface area contributed by atoms with Crippen LogP contribution in [0.1, 0.15) is 10.4 Å². The molecule has 1 aromatic heterocycles. The molecule has 0 amide bonds. The third kappa shape index (κ3) is 4.18. The fourth-order valence-corrected chi connectivity index (χ4v) is 4.46. The summed E-state index contributed by atoms with van der Waals surface area (Å²) in [5.41, 5.74) is 0.642. The molecule has 0 aliphatic heterocycles. The van der Waals surface area contributed by atoms with E-state index in [-0.39, 0.29) is 16.5 Å². The largest absolute Gasteiger partial charge is 0.316 e. The van der Waals surface area contributed by atoms with Crippen LogP contribution in [0.2, 0.25) is 10.0 Å². The van der Waals surface area contributed by atoms with Gasteiger partial charge in [-0.2, -0.15) is 0 Å². The predicted octanol–water partition coefficient (Wildman–Crippen LogP) is 3.25. The summed E-state index contributed by atoms with van der Waals surface area (Å²) >= 11 is 13.7. The molecule has 0 bridgehead atoms. The van der Waals surface area contributed by atoms with Crippen molar-refractivity contribution < 1.29 is 8.42 Å². The van der Waals surface area contributed by atoms with E-state index in [4.69, 9.17) is 23.2 Å². The first-order valence-electron chi connectivity index (χ1n) is 6.08. The van der Waals surface area contributed by atoms with Crippen molar-refractivity contribution in [3.8, 4) is 0 Å². The molecule has 0 atom stereocenters. The van der Waals surface area contributed by atoms with Crippen molar-refractivity contribution in [1.29, 1.82) is 0 Å². The van der Waals surface area contributed by atoms with Gasteiger partial charge in [0, 0.05) is 23.0 Å². The summed E-state index contributed by atoms with van der Waals surface area (Å²) in [6.07, 6.45) is 0. The van der Waals surface area contributed by atoms with E-state index in [1.165, 1.54) is 17.4 Å². The molecule has 1 aromatic carbocycles. The van der Waals surface area contributed by atoms with Gasteiger partial charge in [0.05, 0.1) is 5.02 Å². The monoisotopic (exact) mass is 364 g/mol. The zero-order valence-corrected chi connectivity index (χ0v) is 14.3. The van der Waals surface area contributed by atoms with E-state index in [9.17, 15) is 8.42 Å². The van der Waals surface area contributed by atoms with Gasteiger partial charge in [0.1, 0.15) is 4.90 Å². The minimum absolute atomic E-state index is 0.00141. The van der Waals surface area contributed by atoms with E-state index < -0.39 is 10.0 Å². The molecule has 2 N–H and O–H groups in total. The Bertz CT molecular complexity index is 716. The average Bonchev–Trinajstić information content (AvgIpc) is 2.94. The molecule has 114 valence electrons. The van der Waals surface area contributed by atoms with Crippen molar-refractivity contribution in [3.63, 3.8) is 0 Å². The SMILES string of the molecule is CNCc1cc(Cl)cc(S(=O)(=O)NCc2cccs2)c1Cl. The minimum atomic E-state index is -3.72. The molecular weight excluding hydrogens is 351 g/mol. The Hall–Kier alpha value is -0.630. The van der Waals surface area contributed by atoms with E-state index in [2.05, 4.69) is 10.0 Å². The van der Waals surface area contributed by atoms with Crippen molar-refractivity contribution in [3.05, 3.63) is 50.1 Å². The molecule has 0 aliphatic rings. The highest BCUT2D eigenvalue weighted by Gasteiger charge is 2.21. The Labute approximate surface area is 138 Å². The molecule has 0 spiro atoms. The highest BCUT2D eigenvalue weighted by atomic mass is 35.5. The second-order valence-corrected chi connectivity index (χ2v) is 7.89. The predicted molar refractivity (Wildman–Crippen MR) is 87.6 cm³/mol. The molecule has 0 saturated carbocycles. The van der Waals surface area contributed by atoms with Crippen molar-refractivity contribution in [2.24, 2.45) is 0 Å². The summed E-state index contributed by atoms with van der Waals surface area (Å²) in [6, 6.07) is 6.74. The lowest BCUT2D eigenvalue weighted by Gasteiger charge is -2.12. The number of nitrogens with one attached hydrogen (secondary N) is 2. The van der Waals surface area contributed by atoms with Gasteiger partial charge in [-0.15, -0.1) is 11.3 Å². The van der Waals surface area contributed by atoms with Gasteiger partial charge in [0.2, 0.25) is 10.0 Å². The molecule has 0 aliphatic carbocycles. The fraction of sp³-hybridized carbons (Fsp3) is 0.231. The van der Waals surface area contributed by atoms with E-state index >= 15 is 0 Å². The first kappa shape index (κ1) is 16.7. The van der Waals surface area contributed by atoms with Crippen molar-refractivity contribution in [2.45, 2.75) is 18.0 Å². The first-order valence-corrected chi connectivity index (χ1v) is 9.20. The van der Waals surface area contributed by atoms with Crippen LogP contribution in [0.4, 0.5) is 0 Å². The molecule has 8 heteroatoms. The standard InChI is InChI=1S/C13H14Cl2N2O2S2/c1-16-7-9-5-10(14)6-12(13(9)15)21(18,19)17-8-11-3-2-4-20-11/h2-6,16-17H,7-8H2,1H3. The van der Waals surface area contributed by atoms with E-state index in [1.54, 1.807) is 13.1 Å². The maximum atomic E-state index is 12.4. The van der Waals surface area contributed by atoms with Crippen LogP contribution in [0.25, 0.3) is 0 Å². The molecule has 0 saturated heterocycles. The smallest absolute Gasteiger partial charge is 0.242 e. The molecular formula is C13H14Cl2N2O2S2. The number of halogens is 2. The lowest BCUT2D eigenvalue weighted by Crippen LogP contribution is -2.23. The average molecular weight is 365 g/mol. The van der Waals surface area contributed by atoms with Crippen LogP contribution in [-0.2, 0) is 23.1 Å². The van der Waals surface area contributed by atoms with Gasteiger partial charge in [0.25, 0.3) is 0 Å². The van der Waals surface area contributed by atoms with Gasteiger partial charge < -0.3 is 5.32 Å². The third-order valence-electron chi connectivity index (χ3n) is 2.75. The van der Waals surface area contributed by atoms with Crippen LogP contribution in [0.5, 0.6) is 0 Å². The van der Waals surface area contributed by atoms with E-state index in [1.807, 2.05) is 17.5 Å². The van der Waals surface area contributed by atoms with Crippen molar-refractivity contribution in [2.75, 3.05) is 7.05 Å². The summed E-state index contributed by atoms with van der Waals surface area (Å²) in [5, 5.41) is 5.34. The van der Waals surface area contributed by atoms with Crippen LogP contribution >= 0.6 is 34.5 Å². The summed E-state index contributed by atoms with van der Waals surface area (Å²) in [6.45, 7) is 0.664. The summed E-state index contributed by atoms with van der Waals surface area (Å²) in [5.74, 6) is 0. The topological polar surface area (TPSA) is 58.2 Å². The molecule has 1 heterocycles. The zero-order valence-electron chi connectivity index (χ0n) is 11.2. The lowest BCUT2D eigenvalue weighted by molar-refractivity contribution is 0.581. The summed E-state index contributed by atoms with van der Waals surface area (Å²) in [4.78, 5) is 0.922. The highest BCUT2D eigenvalue weighted by molar-refractivity contribution is 7.89. The Kier molecular flexibility index (Phi) is 5.65. The number of benzene rings is 1. The Balaban J connectivity index is 2.30. The van der Waals surface area contributed by atoms with Crippen molar-refractivity contribution >= 4 is 44.6 Å². The van der Waals surface area contributed by atoms with Gasteiger partial charge >= 0.3 is 0 Å². The molecule has 21 heavy (non-hydrogen) atoms. The summed E-state index contributed by atoms with van der Waals surface area (Å²) < 4.78 is 27.3. The first-order chi connectivity index (χ1) is 9.94. The second kappa shape index (κ2) is 7.09. The van der Waals surface area contributed by atoms with Gasteiger partial charge in [0.15, 0.2) is 0 Å². The number of hydrogen-bond acceptors (Lipinski definition) is 4. The van der Waals surface area contributed by atoms with Crippen LogP contribution in [0, 0.1) is 0 Å². The lowest BCUT2D eigenvalue weighted by atomic mass is 10.2. The molecule has 2 aromatic rings. The number of sulfonamides is 1. The second-order valence-electron chi connectivity index (χ2n) is 4.31. The normalized spacial score (nSPS) is 11.8. The van der Waals surface area contributed by atoms with Crippen LogP contribution in [-0.4, -0.2) is 15.5 Å². The maximum absolute atomic E-state index is 12.4. The molecule has 0 fully saturated rings. The Morgan fingerprint density at radius 2 is 2.00 bits per heavy atom. The number of thiophene rings is 1. The van der Waals surface area contributed by atoms with Crippen LogP contribution < -0.4 is 10.0 Å². The third-order valence-corrected chi connectivity index (χ3v) is 5.83. The van der Waals surface area contributed by atoms with Crippen LogP contribution in [0.15, 0.2) is 34.5 Å². The van der Waals surface area contributed by atoms with Gasteiger partial charge in [-0.05, 0) is 36.2 Å². The quantitative estimate of drug-likeness (QED) is 0.826. The number of hydrogen-bond donors (Lipinski definition) is 2. The van der Waals surface area contributed by atoms with Gasteiger partial charge in [-0.25, -0.2) is 13.1 Å². The highest BCUT2D eigenvalue weighted by Crippen LogP contribution is 2.29. The fourth-order valence-electron chi connectivity index (χ4n) is 1.79. The zero-order chi connectivity index (χ0) is 15.5. The number of rotatable bonds is 6. The molecule has 4 nitrogen and oxygen atoms in total. The van der Waals surface area contributed by atoms with Crippen LogP contribution in [0.3, 0.4) is 0 Å². The molecule has 0 radical (unpaired) electrons. The maximum Gasteiger partial charge on any atom is 0.242 e. The molecule has 2 rings (SSSR count). The van der Waals surface area contributed by atoms with Gasteiger partial charge in [-0.3, -0.25) is 0 Å². The van der Waals surface area contributed by atoms with E-state index in [0.717, 1.165) is 4.88 Å². The summed E-state index contributed by atoms with van der Waals surface area (Å²) in [7, 11) is -1.97. The Morgan fingerprint density at radius 3 is 2.62 bits per heavy atom. The minimum Gasteiger partial charge on any atom is -0.316 e. The van der Waals surface area contributed by atoms with Gasteiger partial charge in [-0.1, -0.05) is 29.3 Å². The molecule has 0 unspecified atom stereocenters. The van der Waals surface area contributed by atoms with Crippen molar-refractivity contribution in [1.82, 2.24) is 10.0 Å².